The van der Waals surface area contributed by atoms with Crippen molar-refractivity contribution in [3.63, 3.8) is 0 Å². The number of hydrogen-bond acceptors (Lipinski definition) is 6. The van der Waals surface area contributed by atoms with Crippen molar-refractivity contribution in [2.75, 3.05) is 13.2 Å². The summed E-state index contributed by atoms with van der Waals surface area (Å²) in [5.41, 5.74) is -0.0853. The number of ether oxygens (including phenoxy) is 1. The van der Waals surface area contributed by atoms with E-state index in [9.17, 15) is 23.9 Å². The lowest BCUT2D eigenvalue weighted by atomic mass is 10.1. The molecule has 0 unspecified atom stereocenters. The van der Waals surface area contributed by atoms with Crippen molar-refractivity contribution in [3.05, 3.63) is 58.7 Å². The molecule has 2 amide bonds. The number of benzene rings is 1. The zero-order valence-electron chi connectivity index (χ0n) is 13.9. The fraction of sp³-hybridized carbons (Fsp3) is 0.222. The second-order valence-electron chi connectivity index (χ2n) is 5.60. The van der Waals surface area contributed by atoms with Crippen LogP contribution in [0.1, 0.15) is 43.7 Å². The largest absolute Gasteiger partial charge is 0.505 e. The van der Waals surface area contributed by atoms with Gasteiger partial charge in [0.1, 0.15) is 11.6 Å². The molecule has 0 atom stereocenters. The predicted octanol–water partition coefficient (Wildman–Crippen LogP) is 1.94. The summed E-state index contributed by atoms with van der Waals surface area (Å²) in [5.74, 6) is -3.14. The fourth-order valence-corrected chi connectivity index (χ4v) is 2.74. The molecule has 2 heterocycles. The average molecular weight is 358 g/mol. The molecule has 1 aromatic carbocycles. The van der Waals surface area contributed by atoms with Crippen LogP contribution in [0.5, 0.6) is 5.75 Å². The smallest absolute Gasteiger partial charge is 0.357 e. The summed E-state index contributed by atoms with van der Waals surface area (Å²) in [6.45, 7) is 1.69. The van der Waals surface area contributed by atoms with Crippen LogP contribution in [-0.4, -0.2) is 45.9 Å². The van der Waals surface area contributed by atoms with E-state index in [2.05, 4.69) is 4.98 Å². The topological polar surface area (TPSA) is 96.8 Å². The van der Waals surface area contributed by atoms with E-state index in [-0.39, 0.29) is 35.8 Å². The molecule has 0 saturated heterocycles. The maximum Gasteiger partial charge on any atom is 0.357 e. The number of rotatable bonds is 5. The monoisotopic (exact) mass is 358 g/mol. The molecule has 1 N–H and O–H groups in total. The SMILES string of the molecule is CCOC(=O)c1ncc(O)c2c1C(=O)N(CCc1ccc(F)cc1)C2=O. The number of amides is 2. The number of hydrogen-bond donors (Lipinski definition) is 1. The third kappa shape index (κ3) is 3.01. The molecule has 26 heavy (non-hydrogen) atoms. The van der Waals surface area contributed by atoms with Crippen LogP contribution in [0.15, 0.2) is 30.5 Å². The van der Waals surface area contributed by atoms with Gasteiger partial charge in [-0.2, -0.15) is 0 Å². The van der Waals surface area contributed by atoms with E-state index in [1.165, 1.54) is 12.1 Å². The second kappa shape index (κ2) is 6.91. The fourth-order valence-electron chi connectivity index (χ4n) is 2.74. The number of halogens is 1. The Kier molecular flexibility index (Phi) is 4.66. The molecule has 7 nitrogen and oxygen atoms in total. The van der Waals surface area contributed by atoms with E-state index in [1.807, 2.05) is 0 Å². The highest BCUT2D eigenvalue weighted by Crippen LogP contribution is 2.32. The quantitative estimate of drug-likeness (QED) is 0.648. The van der Waals surface area contributed by atoms with Gasteiger partial charge in [-0.3, -0.25) is 14.5 Å². The van der Waals surface area contributed by atoms with E-state index >= 15 is 0 Å². The normalized spacial score (nSPS) is 13.1. The molecular formula is C18H15FN2O5. The van der Waals surface area contributed by atoms with Gasteiger partial charge in [0.05, 0.1) is 23.9 Å². The number of carbonyl (C=O) groups is 3. The average Bonchev–Trinajstić information content (AvgIpc) is 2.87. The van der Waals surface area contributed by atoms with Crippen molar-refractivity contribution >= 4 is 17.8 Å². The molecule has 134 valence electrons. The van der Waals surface area contributed by atoms with Crippen LogP contribution in [0.2, 0.25) is 0 Å². The number of pyridine rings is 1. The maximum absolute atomic E-state index is 13.0. The Bertz CT molecular complexity index is 895. The van der Waals surface area contributed by atoms with Gasteiger partial charge in [-0.15, -0.1) is 0 Å². The Morgan fingerprint density at radius 3 is 2.50 bits per heavy atom. The standard InChI is InChI=1S/C18H15FN2O5/c1-2-26-18(25)15-14-13(12(22)9-20-15)16(23)21(17(14)24)8-7-10-3-5-11(19)6-4-10/h3-6,9,22H,2,7-8H2,1H3. The number of aromatic hydroxyl groups is 1. The highest BCUT2D eigenvalue weighted by Gasteiger charge is 2.42. The molecule has 0 saturated carbocycles. The Morgan fingerprint density at radius 1 is 1.19 bits per heavy atom. The van der Waals surface area contributed by atoms with Gasteiger partial charge in [-0.05, 0) is 31.0 Å². The van der Waals surface area contributed by atoms with E-state index in [0.29, 0.717) is 6.42 Å². The van der Waals surface area contributed by atoms with Crippen molar-refractivity contribution in [2.45, 2.75) is 13.3 Å². The Balaban J connectivity index is 1.89. The van der Waals surface area contributed by atoms with Crippen LogP contribution in [-0.2, 0) is 11.2 Å². The highest BCUT2D eigenvalue weighted by atomic mass is 19.1. The number of nitrogens with zero attached hydrogens (tertiary/aromatic N) is 2. The van der Waals surface area contributed by atoms with Crippen LogP contribution in [0.4, 0.5) is 4.39 Å². The summed E-state index contributed by atoms with van der Waals surface area (Å²) in [6.07, 6.45) is 1.24. The number of carbonyl (C=O) groups excluding carboxylic acids is 3. The lowest BCUT2D eigenvalue weighted by Crippen LogP contribution is -2.32. The van der Waals surface area contributed by atoms with Gasteiger partial charge in [0.15, 0.2) is 5.69 Å². The van der Waals surface area contributed by atoms with Crippen LogP contribution in [0, 0.1) is 5.82 Å². The minimum absolute atomic E-state index is 0.0136. The van der Waals surface area contributed by atoms with Gasteiger partial charge in [-0.1, -0.05) is 12.1 Å². The second-order valence-corrected chi connectivity index (χ2v) is 5.60. The number of imide groups is 1. The zero-order valence-corrected chi connectivity index (χ0v) is 13.9. The summed E-state index contributed by atoms with van der Waals surface area (Å²) in [4.78, 5) is 41.9. The third-order valence-corrected chi connectivity index (χ3v) is 3.98. The molecule has 8 heteroatoms. The summed E-state index contributed by atoms with van der Waals surface area (Å²) < 4.78 is 17.8. The van der Waals surface area contributed by atoms with Crippen LogP contribution in [0.3, 0.4) is 0 Å². The Labute approximate surface area is 148 Å². The molecule has 2 aromatic rings. The van der Waals surface area contributed by atoms with E-state index in [4.69, 9.17) is 4.74 Å². The molecule has 0 radical (unpaired) electrons. The third-order valence-electron chi connectivity index (χ3n) is 3.98. The summed E-state index contributed by atoms with van der Waals surface area (Å²) >= 11 is 0. The van der Waals surface area contributed by atoms with Gasteiger partial charge in [0.2, 0.25) is 0 Å². The molecule has 0 spiro atoms. The lowest BCUT2D eigenvalue weighted by Gasteiger charge is -2.13. The van der Waals surface area contributed by atoms with Gasteiger partial charge in [0, 0.05) is 6.54 Å². The summed E-state index contributed by atoms with van der Waals surface area (Å²) in [7, 11) is 0. The van der Waals surface area contributed by atoms with Crippen LogP contribution >= 0.6 is 0 Å². The minimum atomic E-state index is -0.842. The summed E-state index contributed by atoms with van der Waals surface area (Å²) in [6, 6.07) is 5.67. The van der Waals surface area contributed by atoms with Crippen LogP contribution < -0.4 is 0 Å². The zero-order chi connectivity index (χ0) is 18.8. The van der Waals surface area contributed by atoms with Gasteiger partial charge < -0.3 is 9.84 Å². The van der Waals surface area contributed by atoms with E-state index in [0.717, 1.165) is 16.7 Å². The molecule has 0 fully saturated rings. The lowest BCUT2D eigenvalue weighted by molar-refractivity contribution is 0.0511. The number of esters is 1. The molecular weight excluding hydrogens is 343 g/mol. The van der Waals surface area contributed by atoms with Crippen molar-refractivity contribution < 1.29 is 28.6 Å². The van der Waals surface area contributed by atoms with Gasteiger partial charge in [-0.25, -0.2) is 14.2 Å². The molecule has 0 aliphatic carbocycles. The molecule has 3 rings (SSSR count). The van der Waals surface area contributed by atoms with E-state index < -0.39 is 23.5 Å². The van der Waals surface area contributed by atoms with E-state index in [1.54, 1.807) is 19.1 Å². The number of fused-ring (bicyclic) bond motifs is 1. The first-order valence-corrected chi connectivity index (χ1v) is 7.93. The number of aromatic nitrogens is 1. The minimum Gasteiger partial charge on any atom is -0.505 e. The molecule has 1 aromatic heterocycles. The molecule has 0 bridgehead atoms. The first kappa shape index (κ1) is 17.5. The van der Waals surface area contributed by atoms with Gasteiger partial charge in [0.25, 0.3) is 11.8 Å². The van der Waals surface area contributed by atoms with Gasteiger partial charge >= 0.3 is 5.97 Å². The first-order valence-electron chi connectivity index (χ1n) is 7.93. The summed E-state index contributed by atoms with van der Waals surface area (Å²) in [5, 5.41) is 9.93. The van der Waals surface area contributed by atoms with Crippen molar-refractivity contribution in [2.24, 2.45) is 0 Å². The predicted molar refractivity (Wildman–Crippen MR) is 87.3 cm³/mol. The van der Waals surface area contributed by atoms with Crippen molar-refractivity contribution in [1.82, 2.24) is 9.88 Å². The molecule has 1 aliphatic rings. The first-order chi connectivity index (χ1) is 12.4. The highest BCUT2D eigenvalue weighted by molar-refractivity contribution is 6.25. The maximum atomic E-state index is 13.0. The van der Waals surface area contributed by atoms with Crippen molar-refractivity contribution in [3.8, 4) is 5.75 Å². The Morgan fingerprint density at radius 2 is 1.85 bits per heavy atom. The molecule has 1 aliphatic heterocycles. The Hall–Kier alpha value is -3.29. The van der Waals surface area contributed by atoms with Crippen molar-refractivity contribution in [1.29, 1.82) is 0 Å². The van der Waals surface area contributed by atoms with Crippen LogP contribution in [0.25, 0.3) is 0 Å².